The summed E-state index contributed by atoms with van der Waals surface area (Å²) >= 11 is 0. The Morgan fingerprint density at radius 1 is 1.30 bits per heavy atom. The van der Waals surface area contributed by atoms with E-state index in [9.17, 15) is 10.1 Å². The number of aromatic nitrogens is 2. The Kier molecular flexibility index (Phi) is 3.82. The molecule has 0 aliphatic carbocycles. The molecule has 0 fully saturated rings. The van der Waals surface area contributed by atoms with Gasteiger partial charge < -0.3 is 9.72 Å². The van der Waals surface area contributed by atoms with Crippen LogP contribution in [0.15, 0.2) is 42.5 Å². The molecule has 1 heterocycles. The van der Waals surface area contributed by atoms with Crippen LogP contribution in [0.4, 0.5) is 0 Å². The van der Waals surface area contributed by atoms with Gasteiger partial charge in [0.05, 0.1) is 24.2 Å². The number of nitrogens with zero attached hydrogens (tertiary/aromatic N) is 2. The van der Waals surface area contributed by atoms with Crippen LogP contribution in [-0.4, -0.2) is 22.9 Å². The molecule has 0 spiro atoms. The van der Waals surface area contributed by atoms with E-state index in [0.29, 0.717) is 17.1 Å². The molecular formula is C18H15N3O2. The number of imidazole rings is 1. The number of nitrogens with one attached hydrogen (secondary N) is 1. The minimum Gasteiger partial charge on any atom is -0.496 e. The Hall–Kier alpha value is -3.13. The summed E-state index contributed by atoms with van der Waals surface area (Å²) in [6.07, 6.45) is 0. The van der Waals surface area contributed by atoms with Crippen molar-refractivity contribution in [1.29, 1.82) is 5.26 Å². The van der Waals surface area contributed by atoms with Crippen LogP contribution in [0.5, 0.6) is 5.75 Å². The molecular weight excluding hydrogens is 290 g/mol. The monoisotopic (exact) mass is 305 g/mol. The first-order valence-electron chi connectivity index (χ1n) is 7.17. The number of methoxy groups -OCH3 is 1. The van der Waals surface area contributed by atoms with Crippen LogP contribution in [0.25, 0.3) is 11.0 Å². The second-order valence-corrected chi connectivity index (χ2v) is 5.25. The van der Waals surface area contributed by atoms with Crippen LogP contribution in [-0.2, 0) is 0 Å². The third kappa shape index (κ3) is 2.67. The van der Waals surface area contributed by atoms with Crippen molar-refractivity contribution in [2.75, 3.05) is 7.11 Å². The van der Waals surface area contributed by atoms with Gasteiger partial charge in [0.2, 0.25) is 0 Å². The molecule has 0 amide bonds. The van der Waals surface area contributed by atoms with Crippen molar-refractivity contribution in [1.82, 2.24) is 9.97 Å². The van der Waals surface area contributed by atoms with Crippen molar-refractivity contribution < 1.29 is 9.53 Å². The molecule has 1 aromatic heterocycles. The summed E-state index contributed by atoms with van der Waals surface area (Å²) in [5.41, 5.74) is 2.90. The van der Waals surface area contributed by atoms with Crippen molar-refractivity contribution in [3.05, 3.63) is 59.4 Å². The molecule has 0 saturated heterocycles. The van der Waals surface area contributed by atoms with Gasteiger partial charge in [-0.05, 0) is 30.7 Å². The zero-order valence-corrected chi connectivity index (χ0v) is 12.8. The van der Waals surface area contributed by atoms with Gasteiger partial charge in [0, 0.05) is 5.56 Å². The lowest BCUT2D eigenvalue weighted by Crippen LogP contribution is -2.13. The fourth-order valence-corrected chi connectivity index (χ4v) is 2.49. The van der Waals surface area contributed by atoms with Gasteiger partial charge in [-0.2, -0.15) is 5.26 Å². The number of carbonyl (C=O) groups excluding carboxylic acids is 1. The third-order valence-corrected chi connectivity index (χ3v) is 3.76. The molecule has 5 heteroatoms. The van der Waals surface area contributed by atoms with Crippen molar-refractivity contribution in [2.45, 2.75) is 12.8 Å². The Labute approximate surface area is 133 Å². The first kappa shape index (κ1) is 14.8. The van der Waals surface area contributed by atoms with Crippen LogP contribution in [0.3, 0.4) is 0 Å². The number of ketones is 1. The van der Waals surface area contributed by atoms with Gasteiger partial charge in [0.15, 0.2) is 11.7 Å². The van der Waals surface area contributed by atoms with Gasteiger partial charge in [-0.1, -0.05) is 24.3 Å². The molecule has 114 valence electrons. The number of ether oxygens (including phenoxy) is 1. The lowest BCUT2D eigenvalue weighted by molar-refractivity contribution is 0.0976. The molecule has 0 radical (unpaired) electrons. The Bertz CT molecular complexity index is 888. The number of Topliss-reactive ketones (excluding diaryl/α,β-unsaturated/α-hetero) is 1. The SMILES string of the molecule is COc1cc(C(=O)C(C#N)c2nc3ccccc3[nH]2)ccc1C. The predicted octanol–water partition coefficient (Wildman–Crippen LogP) is 3.37. The molecule has 0 saturated carbocycles. The second-order valence-electron chi connectivity index (χ2n) is 5.25. The highest BCUT2D eigenvalue weighted by Crippen LogP contribution is 2.25. The predicted molar refractivity (Wildman–Crippen MR) is 86.5 cm³/mol. The quantitative estimate of drug-likeness (QED) is 0.749. The maximum Gasteiger partial charge on any atom is 0.187 e. The summed E-state index contributed by atoms with van der Waals surface area (Å²) in [4.78, 5) is 20.1. The van der Waals surface area contributed by atoms with Crippen molar-refractivity contribution in [3.8, 4) is 11.8 Å². The third-order valence-electron chi connectivity index (χ3n) is 3.76. The Morgan fingerprint density at radius 2 is 2.09 bits per heavy atom. The van der Waals surface area contributed by atoms with Crippen molar-refractivity contribution in [3.63, 3.8) is 0 Å². The number of fused-ring (bicyclic) bond motifs is 1. The lowest BCUT2D eigenvalue weighted by atomic mass is 9.97. The molecule has 1 atom stereocenters. The second kappa shape index (κ2) is 5.93. The number of benzene rings is 2. The smallest absolute Gasteiger partial charge is 0.187 e. The summed E-state index contributed by atoms with van der Waals surface area (Å²) in [5, 5.41) is 9.46. The zero-order valence-electron chi connectivity index (χ0n) is 12.8. The van der Waals surface area contributed by atoms with Gasteiger partial charge in [-0.3, -0.25) is 4.79 Å². The van der Waals surface area contributed by atoms with E-state index >= 15 is 0 Å². The van der Waals surface area contributed by atoms with Crippen LogP contribution in [0.1, 0.15) is 27.7 Å². The van der Waals surface area contributed by atoms with E-state index in [2.05, 4.69) is 9.97 Å². The topological polar surface area (TPSA) is 78.8 Å². The molecule has 3 aromatic rings. The Morgan fingerprint density at radius 3 is 2.78 bits per heavy atom. The number of carbonyl (C=O) groups is 1. The van der Waals surface area contributed by atoms with Crippen molar-refractivity contribution in [2.24, 2.45) is 0 Å². The molecule has 0 bridgehead atoms. The fourth-order valence-electron chi connectivity index (χ4n) is 2.49. The number of aryl methyl sites for hydroxylation is 1. The summed E-state index contributed by atoms with van der Waals surface area (Å²) in [6.45, 7) is 1.90. The number of hydrogen-bond donors (Lipinski definition) is 1. The maximum atomic E-state index is 12.7. The number of H-pyrrole nitrogens is 1. The average Bonchev–Trinajstić information content (AvgIpc) is 2.99. The normalized spacial score (nSPS) is 11.9. The van der Waals surface area contributed by atoms with Crippen LogP contribution in [0, 0.1) is 18.3 Å². The fraction of sp³-hybridized carbons (Fsp3) is 0.167. The molecule has 3 rings (SSSR count). The van der Waals surface area contributed by atoms with E-state index < -0.39 is 5.92 Å². The summed E-state index contributed by atoms with van der Waals surface area (Å²) in [5.74, 6) is -0.296. The molecule has 2 aromatic carbocycles. The highest BCUT2D eigenvalue weighted by atomic mass is 16.5. The van der Waals surface area contributed by atoms with E-state index in [-0.39, 0.29) is 5.78 Å². The molecule has 0 aliphatic rings. The largest absolute Gasteiger partial charge is 0.496 e. The highest BCUT2D eigenvalue weighted by molar-refractivity contribution is 6.03. The summed E-state index contributed by atoms with van der Waals surface area (Å²) < 4.78 is 5.24. The first-order chi connectivity index (χ1) is 11.1. The average molecular weight is 305 g/mol. The van der Waals surface area contributed by atoms with E-state index in [1.165, 1.54) is 0 Å². The molecule has 23 heavy (non-hydrogen) atoms. The molecule has 0 aliphatic heterocycles. The molecule has 5 nitrogen and oxygen atoms in total. The first-order valence-corrected chi connectivity index (χ1v) is 7.17. The van der Waals surface area contributed by atoms with Gasteiger partial charge in [-0.25, -0.2) is 4.98 Å². The number of rotatable bonds is 4. The number of hydrogen-bond acceptors (Lipinski definition) is 4. The van der Waals surface area contributed by atoms with Crippen LogP contribution >= 0.6 is 0 Å². The van der Waals surface area contributed by atoms with Crippen LogP contribution < -0.4 is 4.74 Å². The number of para-hydroxylation sites is 2. The van der Waals surface area contributed by atoms with Gasteiger partial charge >= 0.3 is 0 Å². The van der Waals surface area contributed by atoms with E-state index in [1.807, 2.05) is 37.3 Å². The number of aromatic amines is 1. The molecule has 1 unspecified atom stereocenters. The van der Waals surface area contributed by atoms with Gasteiger partial charge in [0.25, 0.3) is 0 Å². The standard InChI is InChI=1S/C18H15N3O2/c1-11-7-8-12(9-16(11)23-2)17(22)13(10-19)18-20-14-5-3-4-6-15(14)21-18/h3-9,13H,1-2H3,(H,20,21). The van der Waals surface area contributed by atoms with Gasteiger partial charge in [0.1, 0.15) is 11.6 Å². The highest BCUT2D eigenvalue weighted by Gasteiger charge is 2.25. The van der Waals surface area contributed by atoms with E-state index in [0.717, 1.165) is 16.6 Å². The Balaban J connectivity index is 2.00. The number of nitriles is 1. The zero-order chi connectivity index (χ0) is 16.4. The maximum absolute atomic E-state index is 12.7. The van der Waals surface area contributed by atoms with Crippen LogP contribution in [0.2, 0.25) is 0 Å². The van der Waals surface area contributed by atoms with E-state index in [1.54, 1.807) is 25.3 Å². The lowest BCUT2D eigenvalue weighted by Gasteiger charge is -2.09. The van der Waals surface area contributed by atoms with E-state index in [4.69, 9.17) is 4.74 Å². The molecule has 1 N–H and O–H groups in total. The summed E-state index contributed by atoms with van der Waals surface area (Å²) in [7, 11) is 1.55. The van der Waals surface area contributed by atoms with Gasteiger partial charge in [-0.15, -0.1) is 0 Å². The van der Waals surface area contributed by atoms with Crippen molar-refractivity contribution >= 4 is 16.8 Å². The minimum absolute atomic E-state index is 0.301. The summed E-state index contributed by atoms with van der Waals surface area (Å²) in [6, 6.07) is 14.6. The minimum atomic E-state index is -0.977.